The smallest absolute Gasteiger partial charge is 0.140 e. The number of aromatic nitrogens is 1. The number of hydrogen-bond donors (Lipinski definition) is 0. The van der Waals surface area contributed by atoms with Crippen LogP contribution >= 0.6 is 0 Å². The number of hydrogen-bond acceptors (Lipinski definition) is 4. The Morgan fingerprint density at radius 2 is 2.42 bits per heavy atom. The summed E-state index contributed by atoms with van der Waals surface area (Å²) < 4.78 is 0. The van der Waals surface area contributed by atoms with E-state index in [-0.39, 0.29) is 5.78 Å². The van der Waals surface area contributed by atoms with Gasteiger partial charge in [-0.25, -0.2) is 4.98 Å². The van der Waals surface area contributed by atoms with Crippen molar-refractivity contribution in [3.05, 3.63) is 29.6 Å². The number of pyridine rings is 1. The molecule has 19 heavy (non-hydrogen) atoms. The molecule has 2 rings (SSSR count). The Morgan fingerprint density at radius 3 is 3.16 bits per heavy atom. The van der Waals surface area contributed by atoms with Crippen molar-refractivity contribution in [1.29, 1.82) is 5.26 Å². The van der Waals surface area contributed by atoms with Gasteiger partial charge < -0.3 is 0 Å². The van der Waals surface area contributed by atoms with E-state index in [1.807, 2.05) is 12.1 Å². The van der Waals surface area contributed by atoms with Gasteiger partial charge in [0.05, 0.1) is 0 Å². The average molecular weight is 257 g/mol. The molecule has 1 aliphatic heterocycles. The molecule has 0 aliphatic carbocycles. The predicted octanol–water partition coefficient (Wildman–Crippen LogP) is 2.29. The summed E-state index contributed by atoms with van der Waals surface area (Å²) in [5.74, 6) is 0.254. The van der Waals surface area contributed by atoms with Gasteiger partial charge in [0.1, 0.15) is 17.5 Å². The fourth-order valence-corrected chi connectivity index (χ4v) is 2.70. The molecular formula is C15H19N3O. The molecule has 0 bridgehead atoms. The minimum Gasteiger partial charge on any atom is -0.300 e. The normalized spacial score (nSPS) is 19.9. The third kappa shape index (κ3) is 3.87. The maximum absolute atomic E-state index is 11.3. The lowest BCUT2D eigenvalue weighted by Crippen LogP contribution is -2.40. The first-order valence-electron chi connectivity index (χ1n) is 6.77. The summed E-state index contributed by atoms with van der Waals surface area (Å²) in [6.07, 6.45) is 5.79. The highest BCUT2D eigenvalue weighted by Crippen LogP contribution is 2.22. The molecule has 0 radical (unpaired) electrons. The van der Waals surface area contributed by atoms with E-state index < -0.39 is 0 Å². The Morgan fingerprint density at radius 1 is 1.58 bits per heavy atom. The number of piperidine rings is 1. The number of ketones is 1. The van der Waals surface area contributed by atoms with Gasteiger partial charge in [-0.15, -0.1) is 0 Å². The van der Waals surface area contributed by atoms with E-state index in [9.17, 15) is 4.79 Å². The fourth-order valence-electron chi connectivity index (χ4n) is 2.70. The van der Waals surface area contributed by atoms with Crippen LogP contribution in [0.15, 0.2) is 18.3 Å². The highest BCUT2D eigenvalue weighted by molar-refractivity contribution is 5.76. The number of carbonyl (C=O) groups is 1. The predicted molar refractivity (Wildman–Crippen MR) is 72.3 cm³/mol. The van der Waals surface area contributed by atoms with E-state index in [0.29, 0.717) is 18.2 Å². The molecule has 4 nitrogen and oxygen atoms in total. The van der Waals surface area contributed by atoms with E-state index in [0.717, 1.165) is 25.1 Å². The van der Waals surface area contributed by atoms with Crippen LogP contribution in [-0.2, 0) is 11.3 Å². The number of nitriles is 1. The maximum Gasteiger partial charge on any atom is 0.140 e. The van der Waals surface area contributed by atoms with Gasteiger partial charge in [0.15, 0.2) is 0 Å². The van der Waals surface area contributed by atoms with Gasteiger partial charge in [0.25, 0.3) is 0 Å². The van der Waals surface area contributed by atoms with Gasteiger partial charge in [-0.1, -0.05) is 6.42 Å². The van der Waals surface area contributed by atoms with Crippen LogP contribution in [0.1, 0.15) is 43.9 Å². The molecule has 0 saturated carbocycles. The molecule has 1 aliphatic rings. The van der Waals surface area contributed by atoms with Crippen LogP contribution in [0, 0.1) is 11.3 Å². The summed E-state index contributed by atoms with van der Waals surface area (Å²) in [6, 6.07) is 6.19. The van der Waals surface area contributed by atoms with Gasteiger partial charge in [0, 0.05) is 25.2 Å². The second-order valence-electron chi connectivity index (χ2n) is 5.19. The molecule has 0 amide bonds. The minimum absolute atomic E-state index is 0.254. The highest BCUT2D eigenvalue weighted by atomic mass is 16.1. The van der Waals surface area contributed by atoms with E-state index in [1.54, 1.807) is 13.1 Å². The molecule has 0 aromatic carbocycles. The van der Waals surface area contributed by atoms with Crippen LogP contribution in [0.25, 0.3) is 0 Å². The van der Waals surface area contributed by atoms with Crippen molar-refractivity contribution in [2.45, 2.75) is 45.2 Å². The first-order chi connectivity index (χ1) is 9.19. The molecule has 1 atom stereocenters. The molecule has 1 aromatic heterocycles. The van der Waals surface area contributed by atoms with E-state index in [4.69, 9.17) is 5.26 Å². The van der Waals surface area contributed by atoms with Crippen LogP contribution in [0.4, 0.5) is 0 Å². The lowest BCUT2D eigenvalue weighted by molar-refractivity contribution is -0.118. The molecule has 2 heterocycles. The fraction of sp³-hybridized carbons (Fsp3) is 0.533. The van der Waals surface area contributed by atoms with E-state index in [1.165, 1.54) is 12.8 Å². The lowest BCUT2D eigenvalue weighted by Gasteiger charge is -2.35. The van der Waals surface area contributed by atoms with Crippen LogP contribution in [0.3, 0.4) is 0 Å². The molecule has 0 spiro atoms. The number of rotatable bonds is 4. The zero-order valence-electron chi connectivity index (χ0n) is 11.3. The molecule has 100 valence electrons. The van der Waals surface area contributed by atoms with Gasteiger partial charge in [-0.05, 0) is 44.0 Å². The summed E-state index contributed by atoms with van der Waals surface area (Å²) in [5.41, 5.74) is 1.56. The molecule has 1 unspecified atom stereocenters. The van der Waals surface area contributed by atoms with Crippen molar-refractivity contribution in [3.63, 3.8) is 0 Å². The summed E-state index contributed by atoms with van der Waals surface area (Å²) >= 11 is 0. The van der Waals surface area contributed by atoms with Gasteiger partial charge in [-0.3, -0.25) is 9.69 Å². The average Bonchev–Trinajstić information content (AvgIpc) is 2.41. The summed E-state index contributed by atoms with van der Waals surface area (Å²) in [5, 5.41) is 8.87. The van der Waals surface area contributed by atoms with Crippen LogP contribution in [0.5, 0.6) is 0 Å². The van der Waals surface area contributed by atoms with E-state index in [2.05, 4.69) is 16.0 Å². The quantitative estimate of drug-likeness (QED) is 0.830. The number of nitrogens with zero attached hydrogens (tertiary/aromatic N) is 3. The molecule has 0 N–H and O–H groups in total. The zero-order chi connectivity index (χ0) is 13.7. The van der Waals surface area contributed by atoms with Crippen LogP contribution in [-0.4, -0.2) is 28.3 Å². The second kappa shape index (κ2) is 6.44. The number of likely N-dealkylation sites (tertiary alicyclic amines) is 1. The van der Waals surface area contributed by atoms with Gasteiger partial charge in [0.2, 0.25) is 0 Å². The third-order valence-corrected chi connectivity index (χ3v) is 3.60. The highest BCUT2D eigenvalue weighted by Gasteiger charge is 2.23. The second-order valence-corrected chi connectivity index (χ2v) is 5.19. The molecule has 1 fully saturated rings. The monoisotopic (exact) mass is 257 g/mol. The molecule has 1 aromatic rings. The lowest BCUT2D eigenvalue weighted by atomic mass is 9.97. The SMILES string of the molecule is CC(=O)CC1CCCCN1Cc1ccnc(C#N)c1. The molecular weight excluding hydrogens is 238 g/mol. The Kier molecular flexibility index (Phi) is 4.64. The Balaban J connectivity index is 2.06. The first-order valence-corrected chi connectivity index (χ1v) is 6.77. The largest absolute Gasteiger partial charge is 0.300 e. The third-order valence-electron chi connectivity index (χ3n) is 3.60. The maximum atomic E-state index is 11.3. The molecule has 1 saturated heterocycles. The Bertz CT molecular complexity index is 492. The van der Waals surface area contributed by atoms with Crippen LogP contribution < -0.4 is 0 Å². The summed E-state index contributed by atoms with van der Waals surface area (Å²) in [6.45, 7) is 3.49. The van der Waals surface area contributed by atoms with Crippen molar-refractivity contribution in [2.75, 3.05) is 6.54 Å². The topological polar surface area (TPSA) is 57.0 Å². The van der Waals surface area contributed by atoms with Gasteiger partial charge >= 0.3 is 0 Å². The summed E-state index contributed by atoms with van der Waals surface area (Å²) in [4.78, 5) is 17.7. The zero-order valence-corrected chi connectivity index (χ0v) is 11.3. The van der Waals surface area contributed by atoms with Crippen molar-refractivity contribution in [3.8, 4) is 6.07 Å². The molecule has 4 heteroatoms. The van der Waals surface area contributed by atoms with Crippen molar-refractivity contribution >= 4 is 5.78 Å². The van der Waals surface area contributed by atoms with Crippen molar-refractivity contribution in [1.82, 2.24) is 9.88 Å². The first kappa shape index (κ1) is 13.7. The number of Topliss-reactive ketones (excluding diaryl/α,β-unsaturated/α-hetero) is 1. The van der Waals surface area contributed by atoms with E-state index >= 15 is 0 Å². The van der Waals surface area contributed by atoms with Crippen LogP contribution in [0.2, 0.25) is 0 Å². The van der Waals surface area contributed by atoms with Crippen molar-refractivity contribution in [2.24, 2.45) is 0 Å². The minimum atomic E-state index is 0.254. The van der Waals surface area contributed by atoms with Crippen molar-refractivity contribution < 1.29 is 4.79 Å². The van der Waals surface area contributed by atoms with Gasteiger partial charge in [-0.2, -0.15) is 5.26 Å². The Labute approximate surface area is 114 Å². The Hall–Kier alpha value is -1.73. The summed E-state index contributed by atoms with van der Waals surface area (Å²) in [7, 11) is 0. The standard InChI is InChI=1S/C15H19N3O/c1-12(19)8-15-4-2-3-7-18(15)11-13-5-6-17-14(9-13)10-16/h5-6,9,15H,2-4,7-8,11H2,1H3. The number of carbonyl (C=O) groups excluding carboxylic acids is 1.